The molecule has 0 amide bonds. The molecular formula is C18H17ClNO2+. The first-order chi connectivity index (χ1) is 10.5. The van der Waals surface area contributed by atoms with Gasteiger partial charge in [0.2, 0.25) is 0 Å². The lowest BCUT2D eigenvalue weighted by Gasteiger charge is -2.07. The third-order valence-corrected chi connectivity index (χ3v) is 4.47. The summed E-state index contributed by atoms with van der Waals surface area (Å²) in [5, 5.41) is 1.55. The lowest BCUT2D eigenvalue weighted by atomic mass is 10.1. The first-order valence-corrected chi connectivity index (χ1v) is 7.52. The van der Waals surface area contributed by atoms with Gasteiger partial charge in [-0.2, -0.15) is 4.57 Å². The van der Waals surface area contributed by atoms with E-state index in [-0.39, 0.29) is 5.63 Å². The van der Waals surface area contributed by atoms with Gasteiger partial charge in [0.05, 0.1) is 0 Å². The van der Waals surface area contributed by atoms with Crippen molar-refractivity contribution in [1.29, 1.82) is 0 Å². The maximum Gasteiger partial charge on any atom is 0.336 e. The Hall–Kier alpha value is -2.13. The van der Waals surface area contributed by atoms with E-state index in [1.165, 1.54) is 11.3 Å². The Morgan fingerprint density at radius 2 is 1.91 bits per heavy atom. The molecule has 2 aromatic heterocycles. The molecule has 0 saturated carbocycles. The van der Waals surface area contributed by atoms with E-state index in [2.05, 4.69) is 24.5 Å². The fraction of sp³-hybridized carbons (Fsp3) is 0.222. The van der Waals surface area contributed by atoms with Gasteiger partial charge >= 0.3 is 5.63 Å². The van der Waals surface area contributed by atoms with Crippen LogP contribution >= 0.6 is 11.6 Å². The summed E-state index contributed by atoms with van der Waals surface area (Å²) >= 11 is 6.23. The van der Waals surface area contributed by atoms with Crippen LogP contribution in [0.15, 0.2) is 45.7 Å². The summed E-state index contributed by atoms with van der Waals surface area (Å²) in [6, 6.07) is 9.31. The molecule has 0 atom stereocenters. The van der Waals surface area contributed by atoms with Crippen LogP contribution in [0.4, 0.5) is 0 Å². The minimum Gasteiger partial charge on any atom is -0.423 e. The summed E-state index contributed by atoms with van der Waals surface area (Å²) in [6.07, 6.45) is 2.01. The molecule has 3 rings (SSSR count). The summed E-state index contributed by atoms with van der Waals surface area (Å²) in [5.74, 6) is 0. The van der Waals surface area contributed by atoms with Crippen molar-refractivity contribution in [2.24, 2.45) is 0 Å². The van der Waals surface area contributed by atoms with E-state index in [4.69, 9.17) is 16.0 Å². The average Bonchev–Trinajstić information content (AvgIpc) is 2.46. The van der Waals surface area contributed by atoms with Gasteiger partial charge in [-0.1, -0.05) is 11.6 Å². The quantitative estimate of drug-likeness (QED) is 0.534. The SMILES string of the molecule is Cc1cc2oc(=O)cc(C[n+]3cccc(C)c3C)c2cc1Cl. The van der Waals surface area contributed by atoms with Crippen LogP contribution in [0.1, 0.15) is 22.4 Å². The third-order valence-electron chi connectivity index (χ3n) is 4.06. The van der Waals surface area contributed by atoms with E-state index in [0.29, 0.717) is 17.2 Å². The number of aromatic nitrogens is 1. The number of nitrogens with zero attached hydrogens (tertiary/aromatic N) is 1. The Morgan fingerprint density at radius 1 is 1.14 bits per heavy atom. The topological polar surface area (TPSA) is 34.1 Å². The van der Waals surface area contributed by atoms with E-state index in [1.54, 1.807) is 6.07 Å². The Bertz CT molecular complexity index is 928. The smallest absolute Gasteiger partial charge is 0.336 e. The molecule has 1 aromatic carbocycles. The molecule has 0 radical (unpaired) electrons. The third kappa shape index (κ3) is 2.64. The fourth-order valence-corrected chi connectivity index (χ4v) is 2.75. The molecule has 112 valence electrons. The normalized spacial score (nSPS) is 11.1. The van der Waals surface area contributed by atoms with Crippen LogP contribution in [0.3, 0.4) is 0 Å². The van der Waals surface area contributed by atoms with Crippen LogP contribution in [-0.2, 0) is 6.54 Å². The molecule has 22 heavy (non-hydrogen) atoms. The summed E-state index contributed by atoms with van der Waals surface area (Å²) in [7, 11) is 0. The molecule has 0 aliphatic rings. The molecule has 0 N–H and O–H groups in total. The first-order valence-electron chi connectivity index (χ1n) is 7.14. The van der Waals surface area contributed by atoms with Gasteiger partial charge in [-0.15, -0.1) is 0 Å². The van der Waals surface area contributed by atoms with Gasteiger partial charge in [0.25, 0.3) is 0 Å². The summed E-state index contributed by atoms with van der Waals surface area (Å²) < 4.78 is 7.43. The molecule has 3 nitrogen and oxygen atoms in total. The highest BCUT2D eigenvalue weighted by Gasteiger charge is 2.14. The van der Waals surface area contributed by atoms with Gasteiger partial charge < -0.3 is 4.42 Å². The Labute approximate surface area is 133 Å². The number of halogens is 1. The minimum atomic E-state index is -0.338. The molecule has 0 saturated heterocycles. The van der Waals surface area contributed by atoms with Gasteiger partial charge in [-0.25, -0.2) is 4.79 Å². The van der Waals surface area contributed by atoms with Crippen LogP contribution in [0.2, 0.25) is 5.02 Å². The zero-order valence-corrected chi connectivity index (χ0v) is 13.6. The standard InChI is InChI=1S/C18H17ClNO2/c1-11-5-4-6-20(13(11)3)10-14-8-18(21)22-17-7-12(2)16(19)9-15(14)17/h4-9H,10H2,1-3H3/q+1. The summed E-state index contributed by atoms with van der Waals surface area (Å²) in [5.41, 5.74) is 4.43. The summed E-state index contributed by atoms with van der Waals surface area (Å²) in [6.45, 7) is 6.65. The molecule has 0 aliphatic heterocycles. The van der Waals surface area contributed by atoms with Crippen molar-refractivity contribution >= 4 is 22.6 Å². The number of pyridine rings is 1. The lowest BCUT2D eigenvalue weighted by Crippen LogP contribution is -2.38. The molecule has 3 aromatic rings. The first kappa shape index (κ1) is 14.8. The number of rotatable bonds is 2. The highest BCUT2D eigenvalue weighted by Crippen LogP contribution is 2.25. The van der Waals surface area contributed by atoms with Gasteiger partial charge in [-0.05, 0) is 37.6 Å². The van der Waals surface area contributed by atoms with Crippen LogP contribution < -0.4 is 10.2 Å². The molecule has 0 spiro atoms. The van der Waals surface area contributed by atoms with Crippen molar-refractivity contribution in [3.05, 3.63) is 74.4 Å². The van der Waals surface area contributed by atoms with Crippen LogP contribution in [-0.4, -0.2) is 0 Å². The highest BCUT2D eigenvalue weighted by atomic mass is 35.5. The van der Waals surface area contributed by atoms with E-state index in [1.807, 2.05) is 31.3 Å². The predicted molar refractivity (Wildman–Crippen MR) is 87.4 cm³/mol. The Balaban J connectivity index is 2.20. The number of hydrogen-bond donors (Lipinski definition) is 0. The van der Waals surface area contributed by atoms with Gasteiger partial charge in [0.15, 0.2) is 18.4 Å². The largest absolute Gasteiger partial charge is 0.423 e. The van der Waals surface area contributed by atoms with Crippen molar-refractivity contribution in [2.75, 3.05) is 0 Å². The van der Waals surface area contributed by atoms with E-state index in [9.17, 15) is 4.79 Å². The van der Waals surface area contributed by atoms with Crippen LogP contribution in [0.5, 0.6) is 0 Å². The summed E-state index contributed by atoms with van der Waals surface area (Å²) in [4.78, 5) is 11.8. The predicted octanol–water partition coefficient (Wildman–Crippen LogP) is 3.71. The van der Waals surface area contributed by atoms with Crippen LogP contribution in [0, 0.1) is 20.8 Å². The molecule has 2 heterocycles. The van der Waals surface area contributed by atoms with E-state index < -0.39 is 0 Å². The molecule has 0 fully saturated rings. The number of hydrogen-bond acceptors (Lipinski definition) is 2. The van der Waals surface area contributed by atoms with Gasteiger partial charge in [-0.3, -0.25) is 0 Å². The van der Waals surface area contributed by atoms with Gasteiger partial charge in [0, 0.05) is 40.6 Å². The minimum absolute atomic E-state index is 0.338. The average molecular weight is 315 g/mol. The Kier molecular flexibility index (Phi) is 3.75. The Morgan fingerprint density at radius 3 is 2.68 bits per heavy atom. The van der Waals surface area contributed by atoms with Crippen LogP contribution in [0.25, 0.3) is 11.0 Å². The van der Waals surface area contributed by atoms with Crippen molar-refractivity contribution < 1.29 is 8.98 Å². The molecule has 0 aliphatic carbocycles. The zero-order valence-electron chi connectivity index (χ0n) is 12.8. The fourth-order valence-electron chi connectivity index (χ4n) is 2.58. The van der Waals surface area contributed by atoms with Crippen molar-refractivity contribution in [1.82, 2.24) is 0 Å². The number of benzene rings is 1. The second-order valence-corrected chi connectivity index (χ2v) is 6.00. The maximum absolute atomic E-state index is 11.8. The highest BCUT2D eigenvalue weighted by molar-refractivity contribution is 6.32. The molecule has 4 heteroatoms. The zero-order chi connectivity index (χ0) is 15.9. The van der Waals surface area contributed by atoms with E-state index in [0.717, 1.165) is 16.5 Å². The number of aryl methyl sites for hydroxylation is 2. The van der Waals surface area contributed by atoms with E-state index >= 15 is 0 Å². The van der Waals surface area contributed by atoms with Crippen molar-refractivity contribution in [2.45, 2.75) is 27.3 Å². The van der Waals surface area contributed by atoms with Crippen molar-refractivity contribution in [3.8, 4) is 0 Å². The monoisotopic (exact) mass is 314 g/mol. The second kappa shape index (κ2) is 5.58. The molecular weight excluding hydrogens is 298 g/mol. The van der Waals surface area contributed by atoms with Gasteiger partial charge in [0.1, 0.15) is 5.58 Å². The molecule has 0 unspecified atom stereocenters. The molecule has 0 bridgehead atoms. The maximum atomic E-state index is 11.8. The second-order valence-electron chi connectivity index (χ2n) is 5.59. The van der Waals surface area contributed by atoms with Crippen molar-refractivity contribution in [3.63, 3.8) is 0 Å². The lowest BCUT2D eigenvalue weighted by molar-refractivity contribution is -0.694. The number of fused-ring (bicyclic) bond motifs is 1.